The van der Waals surface area contributed by atoms with Gasteiger partial charge in [0.2, 0.25) is 0 Å². The van der Waals surface area contributed by atoms with Crippen molar-refractivity contribution in [3.63, 3.8) is 0 Å². The molecule has 0 radical (unpaired) electrons. The van der Waals surface area contributed by atoms with Gasteiger partial charge >= 0.3 is 0 Å². The SMILES string of the molecule is COC(C)Cc1noc(-c2ccc(C#N)s2)n1. The molecule has 0 fully saturated rings. The molecule has 17 heavy (non-hydrogen) atoms. The van der Waals surface area contributed by atoms with E-state index in [1.54, 1.807) is 19.2 Å². The lowest BCUT2D eigenvalue weighted by Gasteiger charge is -2.03. The first-order valence-electron chi connectivity index (χ1n) is 5.08. The van der Waals surface area contributed by atoms with Gasteiger partial charge in [0.1, 0.15) is 10.9 Å². The minimum absolute atomic E-state index is 0.0541. The van der Waals surface area contributed by atoms with E-state index in [9.17, 15) is 0 Å². The van der Waals surface area contributed by atoms with Crippen molar-refractivity contribution in [1.82, 2.24) is 10.1 Å². The molecule has 1 atom stereocenters. The van der Waals surface area contributed by atoms with Gasteiger partial charge in [-0.25, -0.2) is 0 Å². The van der Waals surface area contributed by atoms with Crippen molar-refractivity contribution in [3.8, 4) is 16.8 Å². The van der Waals surface area contributed by atoms with Crippen LogP contribution < -0.4 is 0 Å². The predicted octanol–water partition coefficient (Wildman–Crippen LogP) is 2.25. The van der Waals surface area contributed by atoms with E-state index in [1.165, 1.54) is 11.3 Å². The van der Waals surface area contributed by atoms with Gasteiger partial charge < -0.3 is 9.26 Å². The van der Waals surface area contributed by atoms with Crippen LogP contribution in [0, 0.1) is 11.3 Å². The number of rotatable bonds is 4. The van der Waals surface area contributed by atoms with Gasteiger partial charge in [-0.2, -0.15) is 10.2 Å². The molecule has 2 rings (SSSR count). The summed E-state index contributed by atoms with van der Waals surface area (Å²) in [5.74, 6) is 1.07. The predicted molar refractivity (Wildman–Crippen MR) is 62.5 cm³/mol. The summed E-state index contributed by atoms with van der Waals surface area (Å²) in [4.78, 5) is 5.70. The van der Waals surface area contributed by atoms with Crippen LogP contribution in [-0.2, 0) is 11.2 Å². The number of hydrogen-bond donors (Lipinski definition) is 0. The zero-order valence-electron chi connectivity index (χ0n) is 9.51. The summed E-state index contributed by atoms with van der Waals surface area (Å²) >= 11 is 1.34. The summed E-state index contributed by atoms with van der Waals surface area (Å²) in [6.07, 6.45) is 0.662. The lowest BCUT2D eigenvalue weighted by atomic mass is 10.3. The topological polar surface area (TPSA) is 71.9 Å². The molecule has 2 aromatic heterocycles. The van der Waals surface area contributed by atoms with E-state index >= 15 is 0 Å². The van der Waals surface area contributed by atoms with E-state index in [1.807, 2.05) is 6.92 Å². The number of methoxy groups -OCH3 is 1. The minimum atomic E-state index is 0.0541. The van der Waals surface area contributed by atoms with Crippen molar-refractivity contribution >= 4 is 11.3 Å². The molecule has 0 aliphatic heterocycles. The maximum Gasteiger partial charge on any atom is 0.268 e. The highest BCUT2D eigenvalue weighted by Crippen LogP contribution is 2.26. The van der Waals surface area contributed by atoms with E-state index in [0.717, 1.165) is 4.88 Å². The third kappa shape index (κ3) is 2.70. The van der Waals surface area contributed by atoms with E-state index in [0.29, 0.717) is 23.0 Å². The minimum Gasteiger partial charge on any atom is -0.381 e. The maximum atomic E-state index is 8.73. The van der Waals surface area contributed by atoms with Gasteiger partial charge in [-0.1, -0.05) is 5.16 Å². The third-order valence-electron chi connectivity index (χ3n) is 2.27. The Morgan fingerprint density at radius 3 is 3.06 bits per heavy atom. The highest BCUT2D eigenvalue weighted by molar-refractivity contribution is 7.15. The molecule has 0 N–H and O–H groups in total. The van der Waals surface area contributed by atoms with Gasteiger partial charge in [-0.05, 0) is 19.1 Å². The number of nitriles is 1. The van der Waals surface area contributed by atoms with Crippen LogP contribution >= 0.6 is 11.3 Å². The molecule has 0 saturated carbocycles. The summed E-state index contributed by atoms with van der Waals surface area (Å²) in [7, 11) is 1.64. The maximum absolute atomic E-state index is 8.73. The molecule has 0 spiro atoms. The van der Waals surface area contributed by atoms with Crippen molar-refractivity contribution in [2.24, 2.45) is 0 Å². The molecular formula is C11H11N3O2S. The normalized spacial score (nSPS) is 12.3. The fourth-order valence-electron chi connectivity index (χ4n) is 1.29. The fourth-order valence-corrected chi connectivity index (χ4v) is 2.02. The second-order valence-electron chi connectivity index (χ2n) is 3.54. The zero-order valence-corrected chi connectivity index (χ0v) is 10.3. The van der Waals surface area contributed by atoms with Crippen molar-refractivity contribution in [2.75, 3.05) is 7.11 Å². The molecule has 0 aliphatic carbocycles. The molecule has 5 nitrogen and oxygen atoms in total. The smallest absolute Gasteiger partial charge is 0.268 e. The monoisotopic (exact) mass is 249 g/mol. The van der Waals surface area contributed by atoms with Gasteiger partial charge in [0.15, 0.2) is 5.82 Å². The average Bonchev–Trinajstić information content (AvgIpc) is 2.96. The van der Waals surface area contributed by atoms with E-state index in [4.69, 9.17) is 14.5 Å². The Balaban J connectivity index is 2.15. The Bertz CT molecular complexity index is 541. The fraction of sp³-hybridized carbons (Fsp3) is 0.364. The van der Waals surface area contributed by atoms with Gasteiger partial charge in [-0.15, -0.1) is 11.3 Å². The standard InChI is InChI=1S/C11H11N3O2S/c1-7(15-2)5-10-13-11(16-14-10)9-4-3-8(6-12)17-9/h3-4,7H,5H2,1-2H3. The van der Waals surface area contributed by atoms with Gasteiger partial charge in [0.25, 0.3) is 5.89 Å². The second kappa shape index (κ2) is 5.08. The first-order valence-corrected chi connectivity index (χ1v) is 5.90. The van der Waals surface area contributed by atoms with Crippen molar-refractivity contribution in [2.45, 2.75) is 19.4 Å². The molecule has 1 unspecified atom stereocenters. The van der Waals surface area contributed by atoms with Crippen molar-refractivity contribution in [3.05, 3.63) is 22.8 Å². The highest BCUT2D eigenvalue weighted by Gasteiger charge is 2.13. The van der Waals surface area contributed by atoms with Gasteiger partial charge in [0.05, 0.1) is 11.0 Å². The molecule has 0 aromatic carbocycles. The molecule has 0 aliphatic rings. The third-order valence-corrected chi connectivity index (χ3v) is 3.25. The Kier molecular flexibility index (Phi) is 3.52. The van der Waals surface area contributed by atoms with E-state index < -0.39 is 0 Å². The lowest BCUT2D eigenvalue weighted by molar-refractivity contribution is 0.116. The van der Waals surface area contributed by atoms with Crippen LogP contribution in [-0.4, -0.2) is 23.4 Å². The first kappa shape index (κ1) is 11.8. The Hall–Kier alpha value is -1.71. The number of hydrogen-bond acceptors (Lipinski definition) is 6. The van der Waals surface area contributed by atoms with Crippen LogP contribution in [0.1, 0.15) is 17.6 Å². The lowest BCUT2D eigenvalue weighted by Crippen LogP contribution is -2.09. The van der Waals surface area contributed by atoms with Crippen LogP contribution in [0.25, 0.3) is 10.8 Å². The second-order valence-corrected chi connectivity index (χ2v) is 4.63. The Morgan fingerprint density at radius 1 is 1.59 bits per heavy atom. The summed E-state index contributed by atoms with van der Waals surface area (Å²) < 4.78 is 10.3. The molecule has 6 heteroatoms. The Morgan fingerprint density at radius 2 is 2.41 bits per heavy atom. The quantitative estimate of drug-likeness (QED) is 0.831. The molecule has 2 heterocycles. The van der Waals surface area contributed by atoms with Crippen LogP contribution in [0.2, 0.25) is 0 Å². The number of nitrogens with zero attached hydrogens (tertiary/aromatic N) is 3. The summed E-state index contributed by atoms with van der Waals surface area (Å²) in [5.41, 5.74) is 0. The molecule has 0 saturated heterocycles. The van der Waals surface area contributed by atoms with Gasteiger partial charge in [0, 0.05) is 13.5 Å². The van der Waals surface area contributed by atoms with Crippen LogP contribution in [0.15, 0.2) is 16.7 Å². The summed E-state index contributed by atoms with van der Waals surface area (Å²) in [5, 5.41) is 12.6. The average molecular weight is 249 g/mol. The van der Waals surface area contributed by atoms with Crippen molar-refractivity contribution in [1.29, 1.82) is 5.26 Å². The highest BCUT2D eigenvalue weighted by atomic mass is 32.1. The molecule has 0 amide bonds. The molecule has 0 bridgehead atoms. The Labute approximate surface area is 103 Å². The van der Waals surface area contributed by atoms with Crippen LogP contribution in [0.4, 0.5) is 0 Å². The van der Waals surface area contributed by atoms with Crippen molar-refractivity contribution < 1.29 is 9.26 Å². The number of aromatic nitrogens is 2. The van der Waals surface area contributed by atoms with Crippen LogP contribution in [0.3, 0.4) is 0 Å². The summed E-state index contributed by atoms with van der Waals surface area (Å²) in [6, 6.07) is 5.62. The molecule has 88 valence electrons. The number of ether oxygens (including phenoxy) is 1. The summed E-state index contributed by atoms with van der Waals surface area (Å²) in [6.45, 7) is 1.94. The number of thiophene rings is 1. The van der Waals surface area contributed by atoms with Crippen LogP contribution in [0.5, 0.6) is 0 Å². The zero-order chi connectivity index (χ0) is 12.3. The molecule has 2 aromatic rings. The largest absolute Gasteiger partial charge is 0.381 e. The van der Waals surface area contributed by atoms with E-state index in [2.05, 4.69) is 16.2 Å². The van der Waals surface area contributed by atoms with E-state index in [-0.39, 0.29) is 6.10 Å². The van der Waals surface area contributed by atoms with Gasteiger partial charge in [-0.3, -0.25) is 0 Å². The molecular weight excluding hydrogens is 238 g/mol. The first-order chi connectivity index (χ1) is 8.22.